The maximum Gasteiger partial charge on any atom is 0.171 e. The summed E-state index contributed by atoms with van der Waals surface area (Å²) in [5.41, 5.74) is 0. The number of thioether (sulfide) groups is 1. The number of ether oxygens (including phenoxy) is 1. The second-order valence-corrected chi connectivity index (χ2v) is 4.89. The van der Waals surface area contributed by atoms with E-state index in [1.54, 1.807) is 13.3 Å². The maximum atomic E-state index is 5.14. The highest BCUT2D eigenvalue weighted by atomic mass is 32.2. The third kappa shape index (κ3) is 1.93. The van der Waals surface area contributed by atoms with Crippen LogP contribution in [0.25, 0.3) is 0 Å². The standard InChI is InChI=1S/C9H12N2OS2/c1-12-6-5-10-8(11-9(6)13)7-3-2-4-14-7/h5,7H,2-4H2,1H3,(H,10,11,13). The van der Waals surface area contributed by atoms with Crippen molar-refractivity contribution < 1.29 is 4.74 Å². The zero-order chi connectivity index (χ0) is 9.97. The quantitative estimate of drug-likeness (QED) is 0.790. The molecule has 1 fully saturated rings. The second-order valence-electron chi connectivity index (χ2n) is 3.17. The Bertz CT molecular complexity index is 371. The minimum Gasteiger partial charge on any atom is -0.492 e. The van der Waals surface area contributed by atoms with E-state index in [0.717, 1.165) is 5.82 Å². The Kier molecular flexibility index (Phi) is 3.08. The first-order chi connectivity index (χ1) is 6.81. The Morgan fingerprint density at radius 1 is 1.71 bits per heavy atom. The molecule has 0 amide bonds. The molecule has 0 spiro atoms. The van der Waals surface area contributed by atoms with E-state index >= 15 is 0 Å². The van der Waals surface area contributed by atoms with Crippen molar-refractivity contribution in [1.29, 1.82) is 0 Å². The van der Waals surface area contributed by atoms with Crippen LogP contribution in [-0.4, -0.2) is 22.8 Å². The van der Waals surface area contributed by atoms with Gasteiger partial charge in [-0.05, 0) is 18.6 Å². The fourth-order valence-corrected chi connectivity index (χ4v) is 2.97. The lowest BCUT2D eigenvalue weighted by Gasteiger charge is -2.08. The Morgan fingerprint density at radius 2 is 2.57 bits per heavy atom. The number of aromatic nitrogens is 2. The Hall–Kier alpha value is -0.550. The molecule has 14 heavy (non-hydrogen) atoms. The number of hydrogen-bond donors (Lipinski definition) is 1. The van der Waals surface area contributed by atoms with Crippen molar-refractivity contribution in [2.24, 2.45) is 0 Å². The summed E-state index contributed by atoms with van der Waals surface area (Å²) < 4.78 is 5.70. The molecule has 5 heteroatoms. The first-order valence-corrected chi connectivity index (χ1v) is 6.02. The van der Waals surface area contributed by atoms with E-state index in [0.29, 0.717) is 15.6 Å². The van der Waals surface area contributed by atoms with Crippen LogP contribution in [0.1, 0.15) is 23.9 Å². The van der Waals surface area contributed by atoms with E-state index in [1.165, 1.54) is 18.6 Å². The summed E-state index contributed by atoms with van der Waals surface area (Å²) in [6.07, 6.45) is 4.16. The molecule has 1 saturated heterocycles. The SMILES string of the molecule is COc1cnc(C2CCCS2)[nH]c1=S. The van der Waals surface area contributed by atoms with Crippen LogP contribution in [0.3, 0.4) is 0 Å². The van der Waals surface area contributed by atoms with Gasteiger partial charge in [0.2, 0.25) is 0 Å². The van der Waals surface area contributed by atoms with Gasteiger partial charge in [-0.2, -0.15) is 11.8 Å². The van der Waals surface area contributed by atoms with Crippen LogP contribution >= 0.6 is 24.0 Å². The molecule has 1 aliphatic rings. The van der Waals surface area contributed by atoms with Crippen LogP contribution in [0.5, 0.6) is 5.75 Å². The highest BCUT2D eigenvalue weighted by Crippen LogP contribution is 2.38. The van der Waals surface area contributed by atoms with Gasteiger partial charge in [0.25, 0.3) is 0 Å². The Labute approximate surface area is 92.3 Å². The van der Waals surface area contributed by atoms with Crippen molar-refractivity contribution in [3.8, 4) is 5.75 Å². The molecule has 1 aliphatic heterocycles. The minimum atomic E-state index is 0.489. The average molecular weight is 228 g/mol. The summed E-state index contributed by atoms with van der Waals surface area (Å²) >= 11 is 7.08. The topological polar surface area (TPSA) is 37.9 Å². The van der Waals surface area contributed by atoms with Gasteiger partial charge in [0, 0.05) is 0 Å². The molecule has 0 radical (unpaired) electrons. The number of H-pyrrole nitrogens is 1. The van der Waals surface area contributed by atoms with Gasteiger partial charge in [0.15, 0.2) is 5.75 Å². The van der Waals surface area contributed by atoms with Crippen molar-refractivity contribution in [3.05, 3.63) is 16.7 Å². The van der Waals surface area contributed by atoms with Crippen molar-refractivity contribution in [2.75, 3.05) is 12.9 Å². The molecule has 2 rings (SSSR count). The molecule has 0 aromatic carbocycles. The van der Waals surface area contributed by atoms with Crippen molar-refractivity contribution in [1.82, 2.24) is 9.97 Å². The predicted molar refractivity (Wildman–Crippen MR) is 60.4 cm³/mol. The van der Waals surface area contributed by atoms with Gasteiger partial charge in [0.05, 0.1) is 18.6 Å². The monoisotopic (exact) mass is 228 g/mol. The molecular formula is C9H12N2OS2. The van der Waals surface area contributed by atoms with Gasteiger partial charge in [-0.25, -0.2) is 4.98 Å². The molecular weight excluding hydrogens is 216 g/mol. The van der Waals surface area contributed by atoms with Gasteiger partial charge >= 0.3 is 0 Å². The molecule has 2 heterocycles. The first kappa shape index (κ1) is 9.98. The predicted octanol–water partition coefficient (Wildman–Crippen LogP) is 2.72. The fourth-order valence-electron chi connectivity index (χ4n) is 1.50. The third-order valence-electron chi connectivity index (χ3n) is 2.24. The van der Waals surface area contributed by atoms with E-state index in [9.17, 15) is 0 Å². The Balaban J connectivity index is 2.27. The minimum absolute atomic E-state index is 0.489. The summed E-state index contributed by atoms with van der Waals surface area (Å²) in [7, 11) is 1.60. The lowest BCUT2D eigenvalue weighted by molar-refractivity contribution is 0.408. The summed E-state index contributed by atoms with van der Waals surface area (Å²) in [6.45, 7) is 0. The number of aromatic amines is 1. The zero-order valence-electron chi connectivity index (χ0n) is 7.95. The highest BCUT2D eigenvalue weighted by Gasteiger charge is 2.19. The first-order valence-electron chi connectivity index (χ1n) is 4.56. The van der Waals surface area contributed by atoms with Crippen molar-refractivity contribution in [3.63, 3.8) is 0 Å². The van der Waals surface area contributed by atoms with Gasteiger partial charge < -0.3 is 9.72 Å². The van der Waals surface area contributed by atoms with Crippen LogP contribution in [0.15, 0.2) is 6.20 Å². The van der Waals surface area contributed by atoms with Crippen LogP contribution in [0.4, 0.5) is 0 Å². The number of hydrogen-bond acceptors (Lipinski definition) is 4. The number of methoxy groups -OCH3 is 1. The van der Waals surface area contributed by atoms with Crippen molar-refractivity contribution >= 4 is 24.0 Å². The smallest absolute Gasteiger partial charge is 0.171 e. The summed E-state index contributed by atoms with van der Waals surface area (Å²) in [5, 5.41) is 0.489. The second kappa shape index (κ2) is 4.31. The van der Waals surface area contributed by atoms with Gasteiger partial charge in [-0.3, -0.25) is 0 Å². The number of nitrogens with zero attached hydrogens (tertiary/aromatic N) is 1. The molecule has 0 bridgehead atoms. The van der Waals surface area contributed by atoms with Crippen LogP contribution < -0.4 is 4.74 Å². The molecule has 1 aromatic rings. The molecule has 1 unspecified atom stereocenters. The Morgan fingerprint density at radius 3 is 3.14 bits per heavy atom. The number of nitrogens with one attached hydrogen (secondary N) is 1. The fraction of sp³-hybridized carbons (Fsp3) is 0.556. The third-order valence-corrected chi connectivity index (χ3v) is 3.93. The van der Waals surface area contributed by atoms with Crippen LogP contribution in [0.2, 0.25) is 0 Å². The maximum absolute atomic E-state index is 5.14. The lowest BCUT2D eigenvalue weighted by atomic mass is 10.2. The largest absolute Gasteiger partial charge is 0.492 e. The van der Waals surface area contributed by atoms with Gasteiger partial charge in [-0.1, -0.05) is 12.2 Å². The normalized spacial score (nSPS) is 21.1. The molecule has 0 saturated carbocycles. The van der Waals surface area contributed by atoms with E-state index in [-0.39, 0.29) is 0 Å². The summed E-state index contributed by atoms with van der Waals surface area (Å²) in [4.78, 5) is 7.45. The lowest BCUT2D eigenvalue weighted by Crippen LogP contribution is -1.99. The molecule has 1 aromatic heterocycles. The van der Waals surface area contributed by atoms with E-state index < -0.39 is 0 Å². The average Bonchev–Trinajstić information content (AvgIpc) is 2.70. The van der Waals surface area contributed by atoms with Crippen molar-refractivity contribution in [2.45, 2.75) is 18.1 Å². The van der Waals surface area contributed by atoms with E-state index in [4.69, 9.17) is 17.0 Å². The van der Waals surface area contributed by atoms with Gasteiger partial charge in [-0.15, -0.1) is 0 Å². The molecule has 76 valence electrons. The number of rotatable bonds is 2. The summed E-state index contributed by atoms with van der Waals surface area (Å²) in [6, 6.07) is 0. The van der Waals surface area contributed by atoms with Crippen LogP contribution in [0, 0.1) is 4.64 Å². The molecule has 0 aliphatic carbocycles. The summed E-state index contributed by atoms with van der Waals surface area (Å²) in [5.74, 6) is 2.85. The van der Waals surface area contributed by atoms with E-state index in [1.807, 2.05) is 11.8 Å². The molecule has 1 N–H and O–H groups in total. The van der Waals surface area contributed by atoms with Crippen LogP contribution in [-0.2, 0) is 0 Å². The van der Waals surface area contributed by atoms with E-state index in [2.05, 4.69) is 9.97 Å². The van der Waals surface area contributed by atoms with Gasteiger partial charge in [0.1, 0.15) is 10.5 Å². The molecule has 3 nitrogen and oxygen atoms in total. The highest BCUT2D eigenvalue weighted by molar-refractivity contribution is 7.99. The molecule has 1 atom stereocenters. The zero-order valence-corrected chi connectivity index (χ0v) is 9.58.